The lowest BCUT2D eigenvalue weighted by Crippen LogP contribution is -2.31. The largest absolute Gasteiger partial charge is 0.871 e. The van der Waals surface area contributed by atoms with E-state index in [1.807, 2.05) is 13.0 Å². The summed E-state index contributed by atoms with van der Waals surface area (Å²) in [6.45, 7) is 1.87. The summed E-state index contributed by atoms with van der Waals surface area (Å²) in [7, 11) is 0. The maximum atomic E-state index is 13.0. The maximum absolute atomic E-state index is 13.0. The third-order valence-electron chi connectivity index (χ3n) is 4.47. The fraction of sp³-hybridized carbons (Fsp3) is 0.0476. The molecule has 0 radical (unpaired) electrons. The lowest BCUT2D eigenvalue weighted by molar-refractivity contribution is -0.596. The molecule has 0 unspecified atom stereocenters. The molecule has 134 valence electrons. The van der Waals surface area contributed by atoms with Gasteiger partial charge in [0.2, 0.25) is 0 Å². The molecule has 2 aromatic heterocycles. The van der Waals surface area contributed by atoms with Crippen LogP contribution in [0.4, 0.5) is 0 Å². The molecule has 2 aromatic carbocycles. The molecule has 6 heteroatoms. The minimum atomic E-state index is -0.630. The summed E-state index contributed by atoms with van der Waals surface area (Å²) < 4.78 is 1.58. The summed E-state index contributed by atoms with van der Waals surface area (Å²) in [5.41, 5.74) is 0.626. The molecule has 0 bridgehead atoms. The Morgan fingerprint density at radius 1 is 0.963 bits per heavy atom. The smallest absolute Gasteiger partial charge is 0.264 e. The second-order valence-corrected chi connectivity index (χ2v) is 6.32. The number of aromatic nitrogens is 2. The number of aromatic amines is 1. The Hall–Kier alpha value is -3.80. The minimum Gasteiger partial charge on any atom is -0.871 e. The number of hydrogen-bond donors (Lipinski definition) is 3. The average molecular weight is 360 g/mol. The summed E-state index contributed by atoms with van der Waals surface area (Å²) in [6, 6.07) is 12.9. The van der Waals surface area contributed by atoms with E-state index in [4.69, 9.17) is 0 Å². The van der Waals surface area contributed by atoms with Crippen LogP contribution in [0.15, 0.2) is 65.7 Å². The van der Waals surface area contributed by atoms with Crippen LogP contribution in [0.1, 0.15) is 5.56 Å². The number of benzene rings is 2. The highest BCUT2D eigenvalue weighted by molar-refractivity contribution is 5.94. The number of para-hydroxylation sites is 1. The van der Waals surface area contributed by atoms with Crippen LogP contribution < -0.4 is 15.2 Å². The molecule has 4 rings (SSSR count). The molecule has 3 N–H and O–H groups in total. The van der Waals surface area contributed by atoms with Gasteiger partial charge in [0.15, 0.2) is 18.1 Å². The number of pyridine rings is 2. The molecule has 0 aliphatic heterocycles. The van der Waals surface area contributed by atoms with Crippen molar-refractivity contribution in [3.63, 3.8) is 0 Å². The quantitative estimate of drug-likeness (QED) is 0.377. The van der Waals surface area contributed by atoms with E-state index in [1.165, 1.54) is 12.1 Å². The highest BCUT2D eigenvalue weighted by Gasteiger charge is 2.26. The van der Waals surface area contributed by atoms with Crippen molar-refractivity contribution >= 4 is 10.9 Å². The first kappa shape index (κ1) is 16.7. The van der Waals surface area contributed by atoms with Crippen LogP contribution in [-0.2, 0) is 0 Å². The first-order chi connectivity index (χ1) is 13.0. The van der Waals surface area contributed by atoms with Crippen molar-refractivity contribution in [3.05, 3.63) is 76.8 Å². The van der Waals surface area contributed by atoms with Crippen molar-refractivity contribution in [1.82, 2.24) is 4.98 Å². The van der Waals surface area contributed by atoms with Gasteiger partial charge >= 0.3 is 0 Å². The molecule has 0 fully saturated rings. The summed E-state index contributed by atoms with van der Waals surface area (Å²) in [5.74, 6) is -0.940. The predicted octanol–water partition coefficient (Wildman–Crippen LogP) is 2.27. The van der Waals surface area contributed by atoms with Crippen LogP contribution in [0.2, 0.25) is 0 Å². The van der Waals surface area contributed by atoms with Gasteiger partial charge in [0.05, 0.1) is 5.56 Å². The molecule has 2 heterocycles. The SMILES string of the molecule is Cc1ccc[n+](-c2c(O)ccc(O)c2-c2c([O-])c3ccccc3[nH]c2=O)c1. The minimum absolute atomic E-state index is 0.0115. The average Bonchev–Trinajstić information content (AvgIpc) is 2.64. The molecule has 0 aliphatic rings. The number of nitrogens with zero attached hydrogens (tertiary/aromatic N) is 1. The number of H-pyrrole nitrogens is 1. The Morgan fingerprint density at radius 3 is 2.48 bits per heavy atom. The molecule has 0 saturated heterocycles. The topological polar surface area (TPSA) is 100 Å². The van der Waals surface area contributed by atoms with Crippen LogP contribution >= 0.6 is 0 Å². The number of nitrogens with one attached hydrogen (secondary N) is 1. The lowest BCUT2D eigenvalue weighted by Gasteiger charge is -2.17. The molecule has 0 saturated carbocycles. The fourth-order valence-electron chi connectivity index (χ4n) is 3.25. The first-order valence-corrected chi connectivity index (χ1v) is 8.33. The zero-order chi connectivity index (χ0) is 19.1. The molecular weight excluding hydrogens is 344 g/mol. The zero-order valence-electron chi connectivity index (χ0n) is 14.4. The zero-order valence-corrected chi connectivity index (χ0v) is 14.4. The Morgan fingerprint density at radius 2 is 1.70 bits per heavy atom. The summed E-state index contributed by atoms with van der Waals surface area (Å²) in [5, 5.41) is 34.3. The number of hydrogen-bond acceptors (Lipinski definition) is 4. The van der Waals surface area contributed by atoms with Gasteiger partial charge in [-0.25, -0.2) is 0 Å². The number of phenolic OH excluding ortho intramolecular Hbond substituents is 2. The molecule has 0 amide bonds. The highest BCUT2D eigenvalue weighted by atomic mass is 16.3. The Bertz CT molecular complexity index is 1240. The van der Waals surface area contributed by atoms with Crippen LogP contribution in [0.25, 0.3) is 27.7 Å². The van der Waals surface area contributed by atoms with Crippen LogP contribution in [0, 0.1) is 6.92 Å². The fourth-order valence-corrected chi connectivity index (χ4v) is 3.25. The molecule has 27 heavy (non-hydrogen) atoms. The monoisotopic (exact) mass is 360 g/mol. The summed E-state index contributed by atoms with van der Waals surface area (Å²) in [4.78, 5) is 15.4. The Kier molecular flexibility index (Phi) is 3.81. The van der Waals surface area contributed by atoms with Crippen molar-refractivity contribution in [1.29, 1.82) is 0 Å². The molecule has 4 aromatic rings. The van der Waals surface area contributed by atoms with E-state index in [-0.39, 0.29) is 28.3 Å². The normalized spacial score (nSPS) is 11.0. The van der Waals surface area contributed by atoms with Crippen LogP contribution in [0.5, 0.6) is 17.2 Å². The van der Waals surface area contributed by atoms with Gasteiger partial charge in [-0.3, -0.25) is 4.79 Å². The van der Waals surface area contributed by atoms with Crippen molar-refractivity contribution in [2.24, 2.45) is 0 Å². The van der Waals surface area contributed by atoms with Crippen molar-refractivity contribution < 1.29 is 19.9 Å². The van der Waals surface area contributed by atoms with E-state index in [1.54, 1.807) is 47.3 Å². The number of rotatable bonds is 2. The summed E-state index contributed by atoms with van der Waals surface area (Å²) >= 11 is 0. The van der Waals surface area contributed by atoms with E-state index in [2.05, 4.69) is 4.98 Å². The lowest BCUT2D eigenvalue weighted by atomic mass is 9.99. The Balaban J connectivity index is 2.14. The van der Waals surface area contributed by atoms with Crippen molar-refractivity contribution in [2.45, 2.75) is 6.92 Å². The van der Waals surface area contributed by atoms with Gasteiger partial charge in [0, 0.05) is 17.1 Å². The standard InChI is InChI=1S/C21H16N2O4/c1-12-5-4-10-23(11-12)19-16(25)9-8-15(24)17(19)18-20(26)13-6-2-3-7-14(13)22-21(18)27/h2-11H,1H3,(H3-,22,24,25,26,27). The van der Waals surface area contributed by atoms with E-state index >= 15 is 0 Å². The first-order valence-electron chi connectivity index (χ1n) is 8.33. The number of aromatic hydroxyl groups is 2. The predicted molar refractivity (Wildman–Crippen MR) is 99.0 cm³/mol. The molecule has 0 spiro atoms. The second-order valence-electron chi connectivity index (χ2n) is 6.32. The van der Waals surface area contributed by atoms with Gasteiger partial charge in [0.25, 0.3) is 11.2 Å². The van der Waals surface area contributed by atoms with Gasteiger partial charge in [0.1, 0.15) is 11.3 Å². The van der Waals surface area contributed by atoms with Gasteiger partial charge in [-0.05, 0) is 36.6 Å². The molecular formula is C21H16N2O4. The van der Waals surface area contributed by atoms with Crippen LogP contribution in [0.3, 0.4) is 0 Å². The number of fused-ring (bicyclic) bond motifs is 1. The van der Waals surface area contributed by atoms with Gasteiger partial charge in [-0.15, -0.1) is 0 Å². The van der Waals surface area contributed by atoms with Crippen LogP contribution in [-0.4, -0.2) is 15.2 Å². The van der Waals surface area contributed by atoms with Crippen molar-refractivity contribution in [2.75, 3.05) is 0 Å². The third-order valence-corrected chi connectivity index (χ3v) is 4.47. The third kappa shape index (κ3) is 2.67. The second kappa shape index (κ2) is 6.17. The molecule has 6 nitrogen and oxygen atoms in total. The molecule has 0 atom stereocenters. The van der Waals surface area contributed by atoms with Gasteiger partial charge < -0.3 is 20.3 Å². The molecule has 0 aliphatic carbocycles. The van der Waals surface area contributed by atoms with E-state index < -0.39 is 11.3 Å². The Labute approximate surface area is 154 Å². The number of aryl methyl sites for hydroxylation is 1. The highest BCUT2D eigenvalue weighted by Crippen LogP contribution is 2.40. The number of phenols is 2. The van der Waals surface area contributed by atoms with Crippen molar-refractivity contribution in [3.8, 4) is 34.1 Å². The van der Waals surface area contributed by atoms with Gasteiger partial charge in [-0.1, -0.05) is 23.9 Å². The van der Waals surface area contributed by atoms with E-state index in [9.17, 15) is 20.1 Å². The maximum Gasteiger partial charge on any atom is 0.264 e. The van der Waals surface area contributed by atoms with E-state index in [0.717, 1.165) is 5.56 Å². The summed E-state index contributed by atoms with van der Waals surface area (Å²) in [6.07, 6.45) is 3.41. The van der Waals surface area contributed by atoms with E-state index in [0.29, 0.717) is 10.9 Å². The van der Waals surface area contributed by atoms with Gasteiger partial charge in [-0.2, -0.15) is 4.57 Å².